The molecule has 1 nitrogen and oxygen atoms in total. The molecule has 0 atom stereocenters. The average molecular weight is 178 g/mol. The van der Waals surface area contributed by atoms with Gasteiger partial charge < -0.3 is 4.74 Å². The van der Waals surface area contributed by atoms with Crippen molar-refractivity contribution in [1.29, 1.82) is 0 Å². The lowest BCUT2D eigenvalue weighted by Crippen LogP contribution is -1.95. The van der Waals surface area contributed by atoms with Gasteiger partial charge in [0.25, 0.3) is 0 Å². The van der Waals surface area contributed by atoms with Crippen LogP contribution in [0.1, 0.15) is 30.0 Å². The van der Waals surface area contributed by atoms with Crippen LogP contribution >= 0.6 is 0 Å². The number of hydrogen-bond donors (Lipinski definition) is 0. The molecule has 0 saturated heterocycles. The van der Waals surface area contributed by atoms with Crippen LogP contribution in [0.25, 0.3) is 0 Å². The first kappa shape index (κ1) is 10.1. The first-order valence-corrected chi connectivity index (χ1v) is 4.83. The lowest BCUT2D eigenvalue weighted by molar-refractivity contribution is 0.411. The Kier molecular flexibility index (Phi) is 3.35. The first-order chi connectivity index (χ1) is 6.20. The van der Waals surface area contributed by atoms with Crippen LogP contribution in [0.2, 0.25) is 0 Å². The number of hydrogen-bond acceptors (Lipinski definition) is 1. The summed E-state index contributed by atoms with van der Waals surface area (Å²) in [5, 5.41) is 0. The fraction of sp³-hybridized carbons (Fsp3) is 0.500. The Morgan fingerprint density at radius 1 is 1.15 bits per heavy atom. The summed E-state index contributed by atoms with van der Waals surface area (Å²) in [6.07, 6.45) is 2.36. The van der Waals surface area contributed by atoms with Crippen LogP contribution in [0.3, 0.4) is 0 Å². The second kappa shape index (κ2) is 4.31. The van der Waals surface area contributed by atoms with Crippen molar-refractivity contribution < 1.29 is 4.74 Å². The molecule has 0 radical (unpaired) electrons. The van der Waals surface area contributed by atoms with Gasteiger partial charge in [0.1, 0.15) is 5.75 Å². The molecule has 0 aliphatic carbocycles. The zero-order chi connectivity index (χ0) is 9.84. The highest BCUT2D eigenvalue weighted by Crippen LogP contribution is 2.24. The molecular weight excluding hydrogens is 160 g/mol. The molecule has 0 aromatic heterocycles. The molecule has 0 spiro atoms. The van der Waals surface area contributed by atoms with Crippen LogP contribution in [0.4, 0.5) is 0 Å². The molecule has 0 heterocycles. The molecule has 1 rings (SSSR count). The molecule has 0 fully saturated rings. The molecule has 1 aromatic rings. The minimum Gasteiger partial charge on any atom is -0.496 e. The maximum Gasteiger partial charge on any atom is 0.122 e. The summed E-state index contributed by atoms with van der Waals surface area (Å²) in [7, 11) is 1.72. The van der Waals surface area contributed by atoms with E-state index in [0.29, 0.717) is 0 Å². The van der Waals surface area contributed by atoms with Gasteiger partial charge in [0, 0.05) is 0 Å². The largest absolute Gasteiger partial charge is 0.496 e. The summed E-state index contributed by atoms with van der Waals surface area (Å²) in [5.74, 6) is 0.998. The molecule has 72 valence electrons. The van der Waals surface area contributed by atoms with Gasteiger partial charge in [0.15, 0.2) is 0 Å². The number of methoxy groups -OCH3 is 1. The number of aryl methyl sites for hydroxylation is 1. The van der Waals surface area contributed by atoms with Gasteiger partial charge in [-0.25, -0.2) is 0 Å². The van der Waals surface area contributed by atoms with Crippen LogP contribution in [0, 0.1) is 13.8 Å². The van der Waals surface area contributed by atoms with Crippen LogP contribution in [0.15, 0.2) is 12.1 Å². The first-order valence-electron chi connectivity index (χ1n) is 4.83. The second-order valence-electron chi connectivity index (χ2n) is 3.43. The Morgan fingerprint density at radius 2 is 1.85 bits per heavy atom. The summed E-state index contributed by atoms with van der Waals surface area (Å²) in [4.78, 5) is 0. The van der Waals surface area contributed by atoms with Gasteiger partial charge in [0.05, 0.1) is 7.11 Å². The Bertz CT molecular complexity index is 289. The summed E-state index contributed by atoms with van der Waals surface area (Å²) in [6, 6.07) is 4.23. The second-order valence-corrected chi connectivity index (χ2v) is 3.43. The SMILES string of the molecule is CCCc1ccc(OC)c(C)c1C. The zero-order valence-corrected chi connectivity index (χ0v) is 8.98. The molecule has 13 heavy (non-hydrogen) atoms. The van der Waals surface area contributed by atoms with Crippen molar-refractivity contribution in [2.45, 2.75) is 33.6 Å². The lowest BCUT2D eigenvalue weighted by Gasteiger charge is -2.11. The Morgan fingerprint density at radius 3 is 2.38 bits per heavy atom. The number of rotatable bonds is 3. The fourth-order valence-corrected chi connectivity index (χ4v) is 1.61. The maximum absolute atomic E-state index is 5.26. The molecule has 0 aliphatic heterocycles. The molecule has 0 saturated carbocycles. The van der Waals surface area contributed by atoms with Gasteiger partial charge in [-0.3, -0.25) is 0 Å². The molecular formula is C12H18O. The van der Waals surface area contributed by atoms with E-state index in [4.69, 9.17) is 4.74 Å². The van der Waals surface area contributed by atoms with E-state index in [-0.39, 0.29) is 0 Å². The zero-order valence-electron chi connectivity index (χ0n) is 8.98. The predicted octanol–water partition coefficient (Wildman–Crippen LogP) is 3.26. The van der Waals surface area contributed by atoms with E-state index < -0.39 is 0 Å². The van der Waals surface area contributed by atoms with Gasteiger partial charge in [0.2, 0.25) is 0 Å². The smallest absolute Gasteiger partial charge is 0.122 e. The third-order valence-electron chi connectivity index (χ3n) is 2.59. The quantitative estimate of drug-likeness (QED) is 0.690. The molecule has 0 bridgehead atoms. The minimum atomic E-state index is 0.998. The molecule has 0 amide bonds. The van der Waals surface area contributed by atoms with E-state index in [1.165, 1.54) is 23.1 Å². The average Bonchev–Trinajstić information content (AvgIpc) is 2.14. The van der Waals surface area contributed by atoms with E-state index in [1.807, 2.05) is 0 Å². The third kappa shape index (κ3) is 2.03. The maximum atomic E-state index is 5.26. The Labute approximate surface area is 80.7 Å². The van der Waals surface area contributed by atoms with E-state index >= 15 is 0 Å². The molecule has 0 unspecified atom stereocenters. The lowest BCUT2D eigenvalue weighted by atomic mass is 9.99. The van der Waals surface area contributed by atoms with E-state index in [0.717, 1.165) is 12.2 Å². The van der Waals surface area contributed by atoms with Crippen molar-refractivity contribution in [3.63, 3.8) is 0 Å². The molecule has 0 aliphatic rings. The van der Waals surface area contributed by atoms with Crippen molar-refractivity contribution in [2.75, 3.05) is 7.11 Å². The van der Waals surface area contributed by atoms with Crippen LogP contribution < -0.4 is 4.74 Å². The highest BCUT2D eigenvalue weighted by molar-refractivity contribution is 5.43. The van der Waals surface area contributed by atoms with Gasteiger partial charge in [-0.15, -0.1) is 0 Å². The van der Waals surface area contributed by atoms with E-state index in [2.05, 4.69) is 32.9 Å². The van der Waals surface area contributed by atoms with Crippen LogP contribution in [-0.2, 0) is 6.42 Å². The summed E-state index contributed by atoms with van der Waals surface area (Å²) in [5.41, 5.74) is 4.09. The van der Waals surface area contributed by atoms with Crippen molar-refractivity contribution in [3.05, 3.63) is 28.8 Å². The predicted molar refractivity (Wildman–Crippen MR) is 56.5 cm³/mol. The minimum absolute atomic E-state index is 0.998. The van der Waals surface area contributed by atoms with Gasteiger partial charge in [-0.2, -0.15) is 0 Å². The van der Waals surface area contributed by atoms with Crippen LogP contribution in [0.5, 0.6) is 5.75 Å². The van der Waals surface area contributed by atoms with E-state index in [9.17, 15) is 0 Å². The summed E-state index contributed by atoms with van der Waals surface area (Å²) >= 11 is 0. The topological polar surface area (TPSA) is 9.23 Å². The normalized spacial score (nSPS) is 10.2. The number of ether oxygens (including phenoxy) is 1. The Hall–Kier alpha value is -0.980. The molecule has 1 heteroatoms. The third-order valence-corrected chi connectivity index (χ3v) is 2.59. The van der Waals surface area contributed by atoms with Crippen molar-refractivity contribution in [3.8, 4) is 5.75 Å². The standard InChI is InChI=1S/C12H18O/c1-5-6-11-7-8-12(13-4)10(3)9(11)2/h7-8H,5-6H2,1-4H3. The molecule has 0 N–H and O–H groups in total. The number of benzene rings is 1. The van der Waals surface area contributed by atoms with Gasteiger partial charge in [-0.1, -0.05) is 19.4 Å². The molecule has 1 aromatic carbocycles. The van der Waals surface area contributed by atoms with E-state index in [1.54, 1.807) is 7.11 Å². The Balaban J connectivity index is 3.07. The highest BCUT2D eigenvalue weighted by atomic mass is 16.5. The van der Waals surface area contributed by atoms with Gasteiger partial charge >= 0.3 is 0 Å². The summed E-state index contributed by atoms with van der Waals surface area (Å²) in [6.45, 7) is 6.50. The van der Waals surface area contributed by atoms with Crippen molar-refractivity contribution in [1.82, 2.24) is 0 Å². The van der Waals surface area contributed by atoms with Crippen molar-refractivity contribution >= 4 is 0 Å². The van der Waals surface area contributed by atoms with Gasteiger partial charge in [-0.05, 0) is 43.0 Å². The van der Waals surface area contributed by atoms with Crippen LogP contribution in [-0.4, -0.2) is 7.11 Å². The summed E-state index contributed by atoms with van der Waals surface area (Å²) < 4.78 is 5.26. The monoisotopic (exact) mass is 178 g/mol. The van der Waals surface area contributed by atoms with Crippen molar-refractivity contribution in [2.24, 2.45) is 0 Å². The fourth-order valence-electron chi connectivity index (χ4n) is 1.61. The highest BCUT2D eigenvalue weighted by Gasteiger charge is 2.04.